The van der Waals surface area contributed by atoms with E-state index < -0.39 is 23.5 Å². The number of halogens is 2. The average Bonchev–Trinajstić information content (AvgIpc) is 2.22. The van der Waals surface area contributed by atoms with Crippen molar-refractivity contribution in [2.45, 2.75) is 18.8 Å². The molecule has 1 aliphatic rings. The van der Waals surface area contributed by atoms with Crippen LogP contribution < -0.4 is 5.32 Å². The molecule has 1 unspecified atom stereocenters. The quantitative estimate of drug-likeness (QED) is 0.627. The summed E-state index contributed by atoms with van der Waals surface area (Å²) in [5, 5.41) is 2.10. The largest absolute Gasteiger partial charge is 0.296 e. The fourth-order valence-corrected chi connectivity index (χ4v) is 1.72. The number of hydrogen-bond donors (Lipinski definition) is 1. The van der Waals surface area contributed by atoms with E-state index in [1.165, 1.54) is 0 Å². The summed E-state index contributed by atoms with van der Waals surface area (Å²) in [6.07, 6.45) is 0.334. The maximum absolute atomic E-state index is 13.4. The Morgan fingerprint density at radius 2 is 2.06 bits per heavy atom. The topological polar surface area (TPSA) is 46.2 Å². The van der Waals surface area contributed by atoms with Crippen LogP contribution in [0.3, 0.4) is 0 Å². The molecule has 1 aliphatic heterocycles. The van der Waals surface area contributed by atoms with Crippen molar-refractivity contribution in [1.29, 1.82) is 0 Å². The van der Waals surface area contributed by atoms with Gasteiger partial charge >= 0.3 is 0 Å². The summed E-state index contributed by atoms with van der Waals surface area (Å²) >= 11 is 0. The van der Waals surface area contributed by atoms with Crippen molar-refractivity contribution in [3.63, 3.8) is 0 Å². The molecule has 3 nitrogen and oxygen atoms in total. The molecule has 1 saturated heterocycles. The van der Waals surface area contributed by atoms with Crippen molar-refractivity contribution in [3.05, 3.63) is 35.4 Å². The summed E-state index contributed by atoms with van der Waals surface area (Å²) in [4.78, 5) is 22.3. The first kappa shape index (κ1) is 14.4. The molecule has 1 atom stereocenters. The zero-order valence-electron chi connectivity index (χ0n) is 8.80. The molecule has 0 bridgehead atoms. The Morgan fingerprint density at radius 1 is 1.35 bits per heavy atom. The minimum Gasteiger partial charge on any atom is -0.296 e. The predicted octanol–water partition coefficient (Wildman–Crippen LogP) is 1.28. The molecule has 1 radical (unpaired) electrons. The van der Waals surface area contributed by atoms with Crippen LogP contribution in [0.25, 0.3) is 0 Å². The van der Waals surface area contributed by atoms with Gasteiger partial charge in [0.15, 0.2) is 0 Å². The van der Waals surface area contributed by atoms with E-state index in [4.69, 9.17) is 0 Å². The molecule has 1 fully saturated rings. The van der Waals surface area contributed by atoms with Crippen molar-refractivity contribution in [2.75, 3.05) is 0 Å². The SMILES string of the molecule is O=C1CCC(c2cc(F)[c-]cc2F)C(=O)N1.[Y]. The van der Waals surface area contributed by atoms with E-state index in [2.05, 4.69) is 11.4 Å². The zero-order chi connectivity index (χ0) is 11.7. The zero-order valence-corrected chi connectivity index (χ0v) is 11.6. The van der Waals surface area contributed by atoms with Crippen LogP contribution in [0, 0.1) is 17.7 Å². The van der Waals surface area contributed by atoms with Crippen molar-refractivity contribution in [3.8, 4) is 0 Å². The first-order valence-corrected chi connectivity index (χ1v) is 4.78. The second-order valence-corrected chi connectivity index (χ2v) is 3.59. The van der Waals surface area contributed by atoms with Gasteiger partial charge in [-0.15, -0.1) is 23.8 Å². The second kappa shape index (κ2) is 5.78. The smallest absolute Gasteiger partial charge is 0.232 e. The summed E-state index contributed by atoms with van der Waals surface area (Å²) in [6.45, 7) is 0. The van der Waals surface area contributed by atoms with Crippen LogP contribution in [0.2, 0.25) is 0 Å². The molecule has 0 saturated carbocycles. The maximum atomic E-state index is 13.4. The molecule has 2 rings (SSSR count). The Labute approximate surface area is 122 Å². The Morgan fingerprint density at radius 3 is 2.71 bits per heavy atom. The molecule has 6 heteroatoms. The van der Waals surface area contributed by atoms with Gasteiger partial charge in [-0.2, -0.15) is 0 Å². The van der Waals surface area contributed by atoms with E-state index in [0.717, 1.165) is 12.1 Å². The standard InChI is InChI=1S/C11H8F2NO2.Y/c12-6-1-3-9(13)8(5-6)7-2-4-10(15)14-11(7)16;/h3,5,7H,2,4H2,(H,14,15,16);/q-1;. The van der Waals surface area contributed by atoms with Crippen molar-refractivity contribution < 1.29 is 51.1 Å². The fraction of sp³-hybridized carbons (Fsp3) is 0.273. The van der Waals surface area contributed by atoms with Gasteiger partial charge in [0.05, 0.1) is 0 Å². The van der Waals surface area contributed by atoms with E-state index in [1.54, 1.807) is 0 Å². The van der Waals surface area contributed by atoms with Gasteiger partial charge in [0.1, 0.15) is 0 Å². The monoisotopic (exact) mass is 313 g/mol. The van der Waals surface area contributed by atoms with Crippen LogP contribution in [0.4, 0.5) is 8.78 Å². The van der Waals surface area contributed by atoms with Crippen molar-refractivity contribution in [2.24, 2.45) is 0 Å². The third-order valence-electron chi connectivity index (χ3n) is 2.51. The minimum atomic E-state index is -0.804. The molecular formula is C11H8F2NO2Y-. The summed E-state index contributed by atoms with van der Waals surface area (Å²) in [7, 11) is 0. The Balaban J connectivity index is 0.00000144. The molecular weight excluding hydrogens is 305 g/mol. The van der Waals surface area contributed by atoms with Gasteiger partial charge in [0, 0.05) is 56.7 Å². The Hall–Kier alpha value is -0.676. The Bertz CT molecular complexity index is 465. The second-order valence-electron chi connectivity index (χ2n) is 3.59. The van der Waals surface area contributed by atoms with Crippen molar-refractivity contribution >= 4 is 11.8 Å². The Kier molecular flexibility index (Phi) is 4.89. The summed E-state index contributed by atoms with van der Waals surface area (Å²) in [5.74, 6) is -3.18. The number of amides is 2. The molecule has 1 heterocycles. The number of carbonyl (C=O) groups is 2. The molecule has 0 aromatic heterocycles. The number of piperidine rings is 1. The molecule has 0 spiro atoms. The van der Waals surface area contributed by atoms with E-state index in [0.29, 0.717) is 0 Å². The van der Waals surface area contributed by atoms with Crippen LogP contribution in [0.15, 0.2) is 12.1 Å². The molecule has 2 amide bonds. The maximum Gasteiger partial charge on any atom is 0.232 e. The van der Waals surface area contributed by atoms with Gasteiger partial charge in [-0.25, -0.2) is 4.39 Å². The molecule has 1 aromatic rings. The van der Waals surface area contributed by atoms with Crippen LogP contribution in [-0.2, 0) is 42.3 Å². The third kappa shape index (κ3) is 3.16. The minimum absolute atomic E-state index is 0. The number of imide groups is 1. The van der Waals surface area contributed by atoms with Crippen LogP contribution in [0.5, 0.6) is 0 Å². The van der Waals surface area contributed by atoms with E-state index in [1.807, 2.05) is 0 Å². The number of rotatable bonds is 1. The summed E-state index contributed by atoms with van der Waals surface area (Å²) in [6, 6.07) is 3.86. The number of carbonyl (C=O) groups excluding carboxylic acids is 2. The third-order valence-corrected chi connectivity index (χ3v) is 2.51. The predicted molar refractivity (Wildman–Crippen MR) is 50.3 cm³/mol. The fourth-order valence-electron chi connectivity index (χ4n) is 1.72. The van der Waals surface area contributed by atoms with Crippen LogP contribution >= 0.6 is 0 Å². The summed E-state index contributed by atoms with van der Waals surface area (Å²) < 4.78 is 26.2. The number of benzene rings is 1. The van der Waals surface area contributed by atoms with Crippen LogP contribution in [0.1, 0.15) is 24.3 Å². The molecule has 1 N–H and O–H groups in total. The first-order chi connectivity index (χ1) is 7.58. The first-order valence-electron chi connectivity index (χ1n) is 4.78. The molecule has 17 heavy (non-hydrogen) atoms. The average molecular weight is 313 g/mol. The van der Waals surface area contributed by atoms with Gasteiger partial charge in [-0.1, -0.05) is 0 Å². The number of hydrogen-bond acceptors (Lipinski definition) is 2. The van der Waals surface area contributed by atoms with Gasteiger partial charge in [-0.3, -0.25) is 19.3 Å². The molecule has 0 aliphatic carbocycles. The normalized spacial score (nSPS) is 19.5. The molecule has 87 valence electrons. The van der Waals surface area contributed by atoms with Gasteiger partial charge in [0.2, 0.25) is 11.8 Å². The van der Waals surface area contributed by atoms with Gasteiger partial charge in [0.25, 0.3) is 0 Å². The summed E-state index contributed by atoms with van der Waals surface area (Å²) in [5.41, 5.74) is -0.0266. The molecule has 1 aromatic carbocycles. The van der Waals surface area contributed by atoms with Crippen molar-refractivity contribution in [1.82, 2.24) is 5.32 Å². The van der Waals surface area contributed by atoms with Crippen LogP contribution in [-0.4, -0.2) is 11.8 Å². The van der Waals surface area contributed by atoms with E-state index in [-0.39, 0.29) is 57.0 Å². The van der Waals surface area contributed by atoms with Gasteiger partial charge in [-0.05, 0) is 6.42 Å². The van der Waals surface area contributed by atoms with Gasteiger partial charge < -0.3 is 0 Å². The van der Waals surface area contributed by atoms with E-state index in [9.17, 15) is 18.4 Å². The van der Waals surface area contributed by atoms with E-state index >= 15 is 0 Å². The number of nitrogens with one attached hydrogen (secondary N) is 1.